The number of nitrogens with one attached hydrogen (secondary N) is 2. The van der Waals surface area contributed by atoms with Crippen LogP contribution in [0.5, 0.6) is 0 Å². The van der Waals surface area contributed by atoms with Gasteiger partial charge in [-0.3, -0.25) is 0 Å². The first-order valence-corrected chi connectivity index (χ1v) is 6.46. The molecular formula is C16H16N2O3. The van der Waals surface area contributed by atoms with Gasteiger partial charge in [0.05, 0.1) is 7.11 Å². The molecule has 2 rings (SSSR count). The van der Waals surface area contributed by atoms with Gasteiger partial charge in [0.15, 0.2) is 6.04 Å². The monoisotopic (exact) mass is 284 g/mol. The van der Waals surface area contributed by atoms with Gasteiger partial charge in [-0.2, -0.15) is 0 Å². The fourth-order valence-electron chi connectivity index (χ4n) is 1.86. The zero-order chi connectivity index (χ0) is 15.1. The summed E-state index contributed by atoms with van der Waals surface area (Å²) >= 11 is 0. The minimum atomic E-state index is -0.847. The molecule has 0 unspecified atom stereocenters. The molecule has 0 aliphatic carbocycles. The summed E-state index contributed by atoms with van der Waals surface area (Å²) in [6, 6.07) is 16.6. The second-order valence-electron chi connectivity index (χ2n) is 4.33. The molecule has 0 spiro atoms. The van der Waals surface area contributed by atoms with E-state index in [-0.39, 0.29) is 0 Å². The van der Waals surface area contributed by atoms with Gasteiger partial charge in [0.25, 0.3) is 0 Å². The van der Waals surface area contributed by atoms with Crippen LogP contribution in [0.15, 0.2) is 60.7 Å². The lowest BCUT2D eigenvalue weighted by atomic mass is 10.1. The van der Waals surface area contributed by atoms with Crippen LogP contribution in [0.25, 0.3) is 0 Å². The van der Waals surface area contributed by atoms with E-state index < -0.39 is 18.0 Å². The van der Waals surface area contributed by atoms with Crippen LogP contribution in [0.1, 0.15) is 11.6 Å². The number of carbonyl (C=O) groups excluding carboxylic acids is 2. The summed E-state index contributed by atoms with van der Waals surface area (Å²) in [6.45, 7) is 0. The third-order valence-electron chi connectivity index (χ3n) is 2.88. The molecule has 0 radical (unpaired) electrons. The predicted octanol–water partition coefficient (Wildman–Crippen LogP) is 2.72. The molecule has 1 atom stereocenters. The second-order valence-corrected chi connectivity index (χ2v) is 4.33. The number of esters is 1. The Balaban J connectivity index is 2.09. The van der Waals surface area contributed by atoms with Gasteiger partial charge < -0.3 is 15.4 Å². The first-order chi connectivity index (χ1) is 10.2. The summed E-state index contributed by atoms with van der Waals surface area (Å²) in [5.41, 5.74) is 1.30. The lowest BCUT2D eigenvalue weighted by Gasteiger charge is -2.17. The Labute approximate surface area is 122 Å². The highest BCUT2D eigenvalue weighted by atomic mass is 16.5. The third-order valence-corrected chi connectivity index (χ3v) is 2.88. The van der Waals surface area contributed by atoms with Crippen molar-refractivity contribution in [2.45, 2.75) is 6.04 Å². The minimum absolute atomic E-state index is 0.472. The largest absolute Gasteiger partial charge is 0.467 e. The number of anilines is 1. The molecule has 0 aromatic heterocycles. The van der Waals surface area contributed by atoms with Crippen LogP contribution in [-0.2, 0) is 9.53 Å². The highest BCUT2D eigenvalue weighted by Gasteiger charge is 2.23. The minimum Gasteiger partial charge on any atom is -0.467 e. The highest BCUT2D eigenvalue weighted by molar-refractivity contribution is 5.92. The van der Waals surface area contributed by atoms with Gasteiger partial charge in [-0.15, -0.1) is 0 Å². The van der Waals surface area contributed by atoms with Crippen molar-refractivity contribution in [3.05, 3.63) is 66.2 Å². The van der Waals surface area contributed by atoms with Gasteiger partial charge in [-0.05, 0) is 17.7 Å². The molecular weight excluding hydrogens is 268 g/mol. The molecule has 0 heterocycles. The van der Waals surface area contributed by atoms with Crippen molar-refractivity contribution in [1.82, 2.24) is 5.32 Å². The van der Waals surface area contributed by atoms with Crippen LogP contribution in [-0.4, -0.2) is 19.1 Å². The number of benzene rings is 2. The number of carbonyl (C=O) groups is 2. The van der Waals surface area contributed by atoms with Crippen LogP contribution < -0.4 is 10.6 Å². The molecule has 2 aromatic carbocycles. The van der Waals surface area contributed by atoms with Gasteiger partial charge in [0.2, 0.25) is 0 Å². The number of urea groups is 1. The van der Waals surface area contributed by atoms with Gasteiger partial charge in [-0.1, -0.05) is 48.5 Å². The summed E-state index contributed by atoms with van der Waals surface area (Å²) in [7, 11) is 1.29. The van der Waals surface area contributed by atoms with E-state index in [1.807, 2.05) is 24.3 Å². The van der Waals surface area contributed by atoms with Gasteiger partial charge in [0.1, 0.15) is 0 Å². The van der Waals surface area contributed by atoms with Crippen molar-refractivity contribution in [3.8, 4) is 0 Å². The van der Waals surface area contributed by atoms with Gasteiger partial charge >= 0.3 is 12.0 Å². The molecule has 2 aromatic rings. The summed E-state index contributed by atoms with van der Waals surface area (Å²) < 4.78 is 4.74. The number of para-hydroxylation sites is 1. The molecule has 0 saturated heterocycles. The summed E-state index contributed by atoms with van der Waals surface area (Å²) in [4.78, 5) is 23.8. The standard InChI is InChI=1S/C16H16N2O3/c1-21-15(19)14(12-8-4-2-5-9-12)18-16(20)17-13-10-6-3-7-11-13/h2-11,14H,1H3,(H2,17,18,20)/t14-/m0/s1. The van der Waals surface area contributed by atoms with Crippen LogP contribution in [0.3, 0.4) is 0 Å². The zero-order valence-electron chi connectivity index (χ0n) is 11.6. The average Bonchev–Trinajstić information content (AvgIpc) is 2.53. The van der Waals surface area contributed by atoms with Crippen LogP contribution >= 0.6 is 0 Å². The number of hydrogen-bond donors (Lipinski definition) is 2. The van der Waals surface area contributed by atoms with E-state index in [0.717, 1.165) is 0 Å². The topological polar surface area (TPSA) is 67.4 Å². The average molecular weight is 284 g/mol. The molecule has 0 aliphatic rings. The summed E-state index contributed by atoms with van der Waals surface area (Å²) in [5.74, 6) is -0.524. The Bertz CT molecular complexity index is 599. The van der Waals surface area contributed by atoms with Crippen molar-refractivity contribution in [3.63, 3.8) is 0 Å². The summed E-state index contributed by atoms with van der Waals surface area (Å²) in [6.07, 6.45) is 0. The Morgan fingerprint density at radius 2 is 1.52 bits per heavy atom. The Morgan fingerprint density at radius 1 is 0.952 bits per heavy atom. The van der Waals surface area contributed by atoms with E-state index in [4.69, 9.17) is 4.74 Å². The molecule has 0 fully saturated rings. The lowest BCUT2D eigenvalue weighted by Crippen LogP contribution is -2.37. The maximum Gasteiger partial charge on any atom is 0.333 e. The van der Waals surface area contributed by atoms with Crippen molar-refractivity contribution in [2.75, 3.05) is 12.4 Å². The Kier molecular flexibility index (Phi) is 4.93. The Morgan fingerprint density at radius 3 is 2.10 bits per heavy atom. The zero-order valence-corrected chi connectivity index (χ0v) is 11.6. The number of methoxy groups -OCH3 is 1. The smallest absolute Gasteiger partial charge is 0.333 e. The number of hydrogen-bond acceptors (Lipinski definition) is 3. The van der Waals surface area contributed by atoms with E-state index in [1.54, 1.807) is 36.4 Å². The number of rotatable bonds is 4. The molecule has 2 amide bonds. The van der Waals surface area contributed by atoms with Crippen molar-refractivity contribution in [1.29, 1.82) is 0 Å². The van der Waals surface area contributed by atoms with Crippen LogP contribution in [0.4, 0.5) is 10.5 Å². The quantitative estimate of drug-likeness (QED) is 0.848. The fraction of sp³-hybridized carbons (Fsp3) is 0.125. The second kappa shape index (κ2) is 7.09. The molecule has 5 nitrogen and oxygen atoms in total. The lowest BCUT2D eigenvalue weighted by molar-refractivity contribution is -0.143. The van der Waals surface area contributed by atoms with Crippen molar-refractivity contribution < 1.29 is 14.3 Å². The Hall–Kier alpha value is -2.82. The third kappa shape index (κ3) is 4.07. The molecule has 21 heavy (non-hydrogen) atoms. The first kappa shape index (κ1) is 14.6. The van der Waals surface area contributed by atoms with Crippen LogP contribution in [0, 0.1) is 0 Å². The van der Waals surface area contributed by atoms with Crippen molar-refractivity contribution >= 4 is 17.7 Å². The first-order valence-electron chi connectivity index (χ1n) is 6.46. The maximum atomic E-state index is 12.0. The molecule has 0 saturated carbocycles. The molecule has 108 valence electrons. The SMILES string of the molecule is COC(=O)[C@@H](NC(=O)Nc1ccccc1)c1ccccc1. The van der Waals surface area contributed by atoms with Gasteiger partial charge in [0, 0.05) is 5.69 Å². The van der Waals surface area contributed by atoms with E-state index in [2.05, 4.69) is 10.6 Å². The van der Waals surface area contributed by atoms with Crippen LogP contribution in [0.2, 0.25) is 0 Å². The molecule has 2 N–H and O–H groups in total. The van der Waals surface area contributed by atoms with Crippen molar-refractivity contribution in [2.24, 2.45) is 0 Å². The predicted molar refractivity (Wildman–Crippen MR) is 79.8 cm³/mol. The molecule has 0 bridgehead atoms. The highest BCUT2D eigenvalue weighted by Crippen LogP contribution is 2.14. The number of ether oxygens (including phenoxy) is 1. The fourth-order valence-corrected chi connectivity index (χ4v) is 1.86. The van der Waals surface area contributed by atoms with E-state index >= 15 is 0 Å². The maximum absolute atomic E-state index is 12.0. The molecule has 0 aliphatic heterocycles. The number of amides is 2. The van der Waals surface area contributed by atoms with E-state index in [9.17, 15) is 9.59 Å². The van der Waals surface area contributed by atoms with E-state index in [0.29, 0.717) is 11.3 Å². The molecule has 5 heteroatoms. The normalized spacial score (nSPS) is 11.3. The van der Waals surface area contributed by atoms with E-state index in [1.165, 1.54) is 7.11 Å². The summed E-state index contributed by atoms with van der Waals surface area (Å²) in [5, 5.41) is 5.27. The van der Waals surface area contributed by atoms with Gasteiger partial charge in [-0.25, -0.2) is 9.59 Å².